The third kappa shape index (κ3) is 7.00. The fourth-order valence-electron chi connectivity index (χ4n) is 7.42. The van der Waals surface area contributed by atoms with Crippen LogP contribution in [0, 0.1) is 13.8 Å². The zero-order valence-corrected chi connectivity index (χ0v) is 31.7. The summed E-state index contributed by atoms with van der Waals surface area (Å²) in [4.78, 5) is 30.1. The van der Waals surface area contributed by atoms with Crippen molar-refractivity contribution in [1.82, 2.24) is 30.0 Å². The number of anilines is 2. The maximum absolute atomic E-state index is 14.7. The Morgan fingerprint density at radius 3 is 2.46 bits per heavy atom. The second kappa shape index (κ2) is 15.1. The van der Waals surface area contributed by atoms with Crippen LogP contribution in [-0.4, -0.2) is 49.7 Å². The molecule has 0 aliphatic carbocycles. The minimum atomic E-state index is -0.298. The number of rotatable bonds is 10. The van der Waals surface area contributed by atoms with Crippen molar-refractivity contribution >= 4 is 51.5 Å². The van der Waals surface area contributed by atoms with Gasteiger partial charge in [-0.3, -0.25) is 4.79 Å². The number of fused-ring (bicyclic) bond motifs is 1. The first kappa shape index (κ1) is 35.6. The van der Waals surface area contributed by atoms with Gasteiger partial charge in [-0.25, -0.2) is 9.97 Å². The number of piperidine rings is 1. The number of hydrogen-bond acceptors (Lipinski definition) is 7. The molecule has 0 unspecified atom stereocenters. The molecular weight excluding hydrogens is 719 g/mol. The second-order valence-electron chi connectivity index (χ2n) is 13.8. The van der Waals surface area contributed by atoms with Gasteiger partial charge in [-0.15, -0.1) is 0 Å². The summed E-state index contributed by atoms with van der Waals surface area (Å²) in [6.07, 6.45) is 5.47. The Morgan fingerprint density at radius 1 is 0.963 bits per heavy atom. The average Bonchev–Trinajstić information content (AvgIpc) is 3.89. The van der Waals surface area contributed by atoms with Crippen molar-refractivity contribution < 1.29 is 9.32 Å². The van der Waals surface area contributed by atoms with Gasteiger partial charge in [0.1, 0.15) is 11.5 Å². The summed E-state index contributed by atoms with van der Waals surface area (Å²) in [5.74, 6) is 1.29. The molecule has 8 rings (SSSR count). The number of carbonyl (C=O) groups is 1. The number of pyridine rings is 1. The summed E-state index contributed by atoms with van der Waals surface area (Å²) in [6.45, 7) is 8.34. The van der Waals surface area contributed by atoms with Gasteiger partial charge in [0.15, 0.2) is 5.82 Å². The van der Waals surface area contributed by atoms with Gasteiger partial charge in [0.2, 0.25) is 0 Å². The normalized spacial score (nSPS) is 14.1. The molecule has 0 spiro atoms. The highest BCUT2D eigenvalue weighted by molar-refractivity contribution is 6.31. The minimum Gasteiger partial charge on any atom is -0.361 e. The molecule has 1 atom stereocenters. The molecule has 1 amide bonds. The molecule has 0 bridgehead atoms. The SMILES string of the molecule is Cc1noc(C)c1CNC1CCN(c2ncccc2NC(=O)c2[nH]c3cc(Cl)ccc3c2-c2c(-c3ccccc3)ncn2[C@@H](C)c2ccc(Cl)cc2)CC1. The summed E-state index contributed by atoms with van der Waals surface area (Å²) in [7, 11) is 0. The van der Waals surface area contributed by atoms with Crippen molar-refractivity contribution in [2.75, 3.05) is 23.3 Å². The van der Waals surface area contributed by atoms with E-state index in [4.69, 9.17) is 37.7 Å². The van der Waals surface area contributed by atoms with Gasteiger partial charge < -0.3 is 29.6 Å². The number of hydrogen-bond donors (Lipinski definition) is 3. The Hall–Kier alpha value is -5.42. The third-order valence-corrected chi connectivity index (χ3v) is 10.9. The molecule has 274 valence electrons. The highest BCUT2D eigenvalue weighted by Crippen LogP contribution is 2.42. The van der Waals surface area contributed by atoms with Crippen LogP contribution in [0.2, 0.25) is 10.0 Å². The maximum atomic E-state index is 14.7. The molecule has 1 saturated heterocycles. The van der Waals surface area contributed by atoms with E-state index in [0.29, 0.717) is 27.5 Å². The first-order chi connectivity index (χ1) is 26.2. The molecule has 1 aliphatic heterocycles. The van der Waals surface area contributed by atoms with Gasteiger partial charge in [-0.1, -0.05) is 76.9 Å². The molecule has 5 heterocycles. The molecule has 7 aromatic rings. The quantitative estimate of drug-likeness (QED) is 0.127. The summed E-state index contributed by atoms with van der Waals surface area (Å²) in [6, 6.07) is 27.5. The molecule has 0 radical (unpaired) electrons. The number of halogens is 2. The van der Waals surface area contributed by atoms with E-state index in [0.717, 1.165) is 94.3 Å². The van der Waals surface area contributed by atoms with Crippen molar-refractivity contribution in [2.24, 2.45) is 0 Å². The molecule has 3 aromatic carbocycles. The highest BCUT2D eigenvalue weighted by Gasteiger charge is 2.29. The minimum absolute atomic E-state index is 0.137. The lowest BCUT2D eigenvalue weighted by molar-refractivity contribution is 0.102. The molecule has 1 aliphatic rings. The molecule has 3 N–H and O–H groups in total. The predicted molar refractivity (Wildman–Crippen MR) is 215 cm³/mol. The smallest absolute Gasteiger partial charge is 0.272 e. The summed E-state index contributed by atoms with van der Waals surface area (Å²) in [5, 5.41) is 13.1. The number of amides is 1. The van der Waals surface area contributed by atoms with Gasteiger partial charge >= 0.3 is 0 Å². The highest BCUT2D eigenvalue weighted by atomic mass is 35.5. The van der Waals surface area contributed by atoms with E-state index in [1.54, 1.807) is 6.20 Å². The lowest BCUT2D eigenvalue weighted by Crippen LogP contribution is -2.43. The number of aromatic amines is 1. The number of nitrogens with one attached hydrogen (secondary N) is 3. The Labute approximate surface area is 323 Å². The molecule has 10 nitrogen and oxygen atoms in total. The molecular formula is C42H40Cl2N8O2. The molecule has 54 heavy (non-hydrogen) atoms. The number of nitrogens with zero attached hydrogens (tertiary/aromatic N) is 5. The van der Waals surface area contributed by atoms with Gasteiger partial charge in [0.05, 0.1) is 35.1 Å². The lowest BCUT2D eigenvalue weighted by atomic mass is 9.99. The van der Waals surface area contributed by atoms with Crippen LogP contribution >= 0.6 is 23.2 Å². The van der Waals surface area contributed by atoms with Crippen LogP contribution in [-0.2, 0) is 6.54 Å². The topological polar surface area (TPSA) is 117 Å². The number of imidazole rings is 1. The van der Waals surface area contributed by atoms with Gasteiger partial charge in [0.25, 0.3) is 5.91 Å². The van der Waals surface area contributed by atoms with E-state index in [-0.39, 0.29) is 11.9 Å². The predicted octanol–water partition coefficient (Wildman–Crippen LogP) is 9.63. The fourth-order valence-corrected chi connectivity index (χ4v) is 7.72. The largest absolute Gasteiger partial charge is 0.361 e. The van der Waals surface area contributed by atoms with E-state index >= 15 is 0 Å². The summed E-state index contributed by atoms with van der Waals surface area (Å²) >= 11 is 12.8. The number of carbonyl (C=O) groups excluding carboxylic acids is 1. The van der Waals surface area contributed by atoms with Crippen LogP contribution in [0.4, 0.5) is 11.5 Å². The Bertz CT molecular complexity index is 2410. The molecule has 0 saturated carbocycles. The first-order valence-corrected chi connectivity index (χ1v) is 18.9. The zero-order valence-electron chi connectivity index (χ0n) is 30.2. The van der Waals surface area contributed by atoms with Crippen LogP contribution in [0.15, 0.2) is 102 Å². The van der Waals surface area contributed by atoms with Crippen molar-refractivity contribution in [2.45, 2.75) is 52.2 Å². The van der Waals surface area contributed by atoms with Crippen LogP contribution in [0.1, 0.15) is 58.9 Å². The van der Waals surface area contributed by atoms with Crippen LogP contribution < -0.4 is 15.5 Å². The number of H-pyrrole nitrogens is 1. The van der Waals surface area contributed by atoms with E-state index in [9.17, 15) is 4.79 Å². The fraction of sp³-hybridized carbons (Fsp3) is 0.238. The van der Waals surface area contributed by atoms with Gasteiger partial charge in [-0.2, -0.15) is 0 Å². The number of aryl methyl sites for hydroxylation is 2. The lowest BCUT2D eigenvalue weighted by Gasteiger charge is -2.34. The number of benzene rings is 3. The van der Waals surface area contributed by atoms with Crippen molar-refractivity contribution in [3.63, 3.8) is 0 Å². The van der Waals surface area contributed by atoms with Crippen molar-refractivity contribution in [1.29, 1.82) is 0 Å². The molecule has 12 heteroatoms. The molecule has 1 fully saturated rings. The molecule has 4 aromatic heterocycles. The zero-order chi connectivity index (χ0) is 37.3. The van der Waals surface area contributed by atoms with E-state index in [1.165, 1.54) is 0 Å². The first-order valence-electron chi connectivity index (χ1n) is 18.1. The van der Waals surface area contributed by atoms with E-state index in [1.807, 2.05) is 105 Å². The Morgan fingerprint density at radius 2 is 1.72 bits per heavy atom. The van der Waals surface area contributed by atoms with Crippen molar-refractivity contribution in [3.05, 3.63) is 136 Å². The van der Waals surface area contributed by atoms with E-state index in [2.05, 4.69) is 37.2 Å². The van der Waals surface area contributed by atoms with Crippen LogP contribution in [0.5, 0.6) is 0 Å². The monoisotopic (exact) mass is 758 g/mol. The summed E-state index contributed by atoms with van der Waals surface area (Å²) < 4.78 is 7.47. The van der Waals surface area contributed by atoms with Gasteiger partial charge in [0, 0.05) is 69.5 Å². The Balaban J connectivity index is 1.13. The average molecular weight is 760 g/mol. The number of aromatic nitrogens is 5. The van der Waals surface area contributed by atoms with Crippen LogP contribution in [0.3, 0.4) is 0 Å². The van der Waals surface area contributed by atoms with Crippen LogP contribution in [0.25, 0.3) is 33.4 Å². The maximum Gasteiger partial charge on any atom is 0.272 e. The van der Waals surface area contributed by atoms with Crippen molar-refractivity contribution in [3.8, 4) is 22.5 Å². The Kier molecular flexibility index (Phi) is 9.98. The second-order valence-corrected chi connectivity index (χ2v) is 14.7. The standard InChI is InChI=1S/C42H40Cl2N8O2/c1-25-34(27(3)54-50-25)23-46-32-17-20-51(21-18-32)41-35(10-7-19-45-41)49-42(53)39-37(33-16-15-31(44)22-36(33)48-39)40-38(29-8-5-4-6-9-29)47-24-52(40)26(2)28-11-13-30(43)14-12-28/h4-16,19,22,24,26,32,46,48H,17-18,20-21,23H2,1-3H3,(H,49,53)/t26-/m0/s1. The summed E-state index contributed by atoms with van der Waals surface area (Å²) in [5.41, 5.74) is 8.09. The van der Waals surface area contributed by atoms with Gasteiger partial charge in [-0.05, 0) is 75.6 Å². The third-order valence-electron chi connectivity index (χ3n) is 10.4. The van der Waals surface area contributed by atoms with E-state index < -0.39 is 0 Å².